The molecule has 0 saturated carbocycles. The molecule has 0 aromatic heterocycles. The van der Waals surface area contributed by atoms with Gasteiger partial charge in [0.05, 0.1) is 0 Å². The second kappa shape index (κ2) is 6.39. The predicted octanol–water partition coefficient (Wildman–Crippen LogP) is 3.13. The van der Waals surface area contributed by atoms with E-state index < -0.39 is 0 Å². The molecule has 0 aliphatic carbocycles. The summed E-state index contributed by atoms with van der Waals surface area (Å²) < 4.78 is 0. The predicted molar refractivity (Wildman–Crippen MR) is 82.5 cm³/mol. The van der Waals surface area contributed by atoms with Gasteiger partial charge in [0, 0.05) is 19.3 Å². The normalized spacial score (nSPS) is 10.5. The first-order valence-electron chi connectivity index (χ1n) is 6.75. The highest BCUT2D eigenvalue weighted by Crippen LogP contribution is 2.18. The highest BCUT2D eigenvalue weighted by atomic mass is 15.1. The van der Waals surface area contributed by atoms with Gasteiger partial charge in [-0.1, -0.05) is 36.4 Å². The maximum Gasteiger partial charge on any atom is 0.0428 e. The van der Waals surface area contributed by atoms with Crippen LogP contribution in [0.3, 0.4) is 0 Å². The highest BCUT2D eigenvalue weighted by molar-refractivity contribution is 5.48. The maximum absolute atomic E-state index is 5.68. The molecule has 2 heteroatoms. The SMILES string of the molecule is Cc1cccc(N(C)Cc2ccccc2CCN)c1. The largest absolute Gasteiger partial charge is 0.370 e. The lowest BCUT2D eigenvalue weighted by Gasteiger charge is -2.21. The first-order chi connectivity index (χ1) is 9.20. The highest BCUT2D eigenvalue weighted by Gasteiger charge is 2.06. The molecule has 0 saturated heterocycles. The molecule has 0 radical (unpaired) electrons. The van der Waals surface area contributed by atoms with E-state index in [4.69, 9.17) is 5.73 Å². The number of hydrogen-bond acceptors (Lipinski definition) is 2. The fourth-order valence-corrected chi connectivity index (χ4v) is 2.32. The molecular formula is C17H22N2. The Morgan fingerprint density at radius 2 is 1.74 bits per heavy atom. The van der Waals surface area contributed by atoms with Gasteiger partial charge in [0.2, 0.25) is 0 Å². The van der Waals surface area contributed by atoms with Gasteiger partial charge >= 0.3 is 0 Å². The van der Waals surface area contributed by atoms with Gasteiger partial charge < -0.3 is 10.6 Å². The molecule has 2 nitrogen and oxygen atoms in total. The van der Waals surface area contributed by atoms with Crippen molar-refractivity contribution >= 4 is 5.69 Å². The molecule has 0 spiro atoms. The van der Waals surface area contributed by atoms with Crippen LogP contribution in [0.1, 0.15) is 16.7 Å². The maximum atomic E-state index is 5.68. The number of benzene rings is 2. The summed E-state index contributed by atoms with van der Waals surface area (Å²) in [4.78, 5) is 2.28. The summed E-state index contributed by atoms with van der Waals surface area (Å²) >= 11 is 0. The number of nitrogens with zero attached hydrogens (tertiary/aromatic N) is 1. The fraction of sp³-hybridized carbons (Fsp3) is 0.294. The smallest absolute Gasteiger partial charge is 0.0428 e. The average molecular weight is 254 g/mol. The third-order valence-electron chi connectivity index (χ3n) is 3.38. The third kappa shape index (κ3) is 3.58. The van der Waals surface area contributed by atoms with Crippen LogP contribution in [-0.2, 0) is 13.0 Å². The fourth-order valence-electron chi connectivity index (χ4n) is 2.32. The van der Waals surface area contributed by atoms with Gasteiger partial charge in [-0.3, -0.25) is 0 Å². The molecule has 0 aliphatic rings. The van der Waals surface area contributed by atoms with Crippen LogP contribution in [0.25, 0.3) is 0 Å². The lowest BCUT2D eigenvalue weighted by molar-refractivity contribution is 0.880. The Morgan fingerprint density at radius 1 is 1.00 bits per heavy atom. The molecule has 2 N–H and O–H groups in total. The summed E-state index contributed by atoms with van der Waals surface area (Å²) in [6.07, 6.45) is 0.942. The zero-order valence-corrected chi connectivity index (χ0v) is 11.8. The second-order valence-corrected chi connectivity index (χ2v) is 5.00. The van der Waals surface area contributed by atoms with E-state index in [-0.39, 0.29) is 0 Å². The summed E-state index contributed by atoms with van der Waals surface area (Å²) in [5.74, 6) is 0. The molecule has 0 heterocycles. The van der Waals surface area contributed by atoms with Crippen molar-refractivity contribution < 1.29 is 0 Å². The second-order valence-electron chi connectivity index (χ2n) is 5.00. The quantitative estimate of drug-likeness (QED) is 0.888. The summed E-state index contributed by atoms with van der Waals surface area (Å²) in [6, 6.07) is 17.1. The van der Waals surface area contributed by atoms with E-state index in [1.165, 1.54) is 22.4 Å². The molecule has 0 unspecified atom stereocenters. The minimum Gasteiger partial charge on any atom is -0.370 e. The van der Waals surface area contributed by atoms with Crippen molar-refractivity contribution in [3.8, 4) is 0 Å². The van der Waals surface area contributed by atoms with Crippen molar-refractivity contribution in [2.24, 2.45) is 5.73 Å². The van der Waals surface area contributed by atoms with Gasteiger partial charge in [-0.2, -0.15) is 0 Å². The molecule has 19 heavy (non-hydrogen) atoms. The van der Waals surface area contributed by atoms with Crippen LogP contribution in [0.2, 0.25) is 0 Å². The van der Waals surface area contributed by atoms with Gasteiger partial charge in [0.15, 0.2) is 0 Å². The van der Waals surface area contributed by atoms with Gasteiger partial charge in [-0.15, -0.1) is 0 Å². The number of aryl methyl sites for hydroxylation is 1. The Morgan fingerprint density at radius 3 is 2.42 bits per heavy atom. The van der Waals surface area contributed by atoms with Crippen molar-refractivity contribution in [3.05, 3.63) is 65.2 Å². The van der Waals surface area contributed by atoms with Crippen LogP contribution >= 0.6 is 0 Å². The van der Waals surface area contributed by atoms with Crippen molar-refractivity contribution in [3.63, 3.8) is 0 Å². The molecule has 0 atom stereocenters. The van der Waals surface area contributed by atoms with Crippen molar-refractivity contribution in [1.29, 1.82) is 0 Å². The van der Waals surface area contributed by atoms with Gasteiger partial charge in [-0.25, -0.2) is 0 Å². The van der Waals surface area contributed by atoms with Crippen LogP contribution in [0.4, 0.5) is 5.69 Å². The minimum absolute atomic E-state index is 0.700. The summed E-state index contributed by atoms with van der Waals surface area (Å²) in [7, 11) is 2.13. The van der Waals surface area contributed by atoms with Crippen molar-refractivity contribution in [2.45, 2.75) is 19.9 Å². The van der Waals surface area contributed by atoms with E-state index in [1.54, 1.807) is 0 Å². The molecule has 2 rings (SSSR count). The van der Waals surface area contributed by atoms with E-state index in [9.17, 15) is 0 Å². The Balaban J connectivity index is 2.16. The van der Waals surface area contributed by atoms with Crippen molar-refractivity contribution in [2.75, 3.05) is 18.5 Å². The summed E-state index contributed by atoms with van der Waals surface area (Å²) in [6.45, 7) is 3.74. The van der Waals surface area contributed by atoms with Gasteiger partial charge in [0.25, 0.3) is 0 Å². The Bertz CT molecular complexity index is 534. The van der Waals surface area contributed by atoms with Crippen LogP contribution in [0.5, 0.6) is 0 Å². The average Bonchev–Trinajstić information content (AvgIpc) is 2.41. The number of hydrogen-bond donors (Lipinski definition) is 1. The Hall–Kier alpha value is -1.80. The third-order valence-corrected chi connectivity index (χ3v) is 3.38. The molecule has 2 aromatic rings. The van der Waals surface area contributed by atoms with E-state index in [2.05, 4.69) is 67.4 Å². The molecule has 100 valence electrons. The van der Waals surface area contributed by atoms with Crippen LogP contribution in [0.15, 0.2) is 48.5 Å². The lowest BCUT2D eigenvalue weighted by Crippen LogP contribution is -2.18. The number of nitrogens with two attached hydrogens (primary N) is 1. The van der Waals surface area contributed by atoms with E-state index in [0.29, 0.717) is 6.54 Å². The molecule has 2 aromatic carbocycles. The van der Waals surface area contributed by atoms with E-state index in [0.717, 1.165) is 13.0 Å². The first-order valence-corrected chi connectivity index (χ1v) is 6.75. The first kappa shape index (κ1) is 13.6. The van der Waals surface area contributed by atoms with Gasteiger partial charge in [-0.05, 0) is 48.7 Å². The molecular weight excluding hydrogens is 232 g/mol. The van der Waals surface area contributed by atoms with E-state index in [1.807, 2.05) is 0 Å². The van der Waals surface area contributed by atoms with Crippen LogP contribution in [0, 0.1) is 6.92 Å². The Labute approximate surface area is 115 Å². The van der Waals surface area contributed by atoms with Gasteiger partial charge in [0.1, 0.15) is 0 Å². The monoisotopic (exact) mass is 254 g/mol. The summed E-state index contributed by atoms with van der Waals surface area (Å²) in [5, 5.41) is 0. The van der Waals surface area contributed by atoms with E-state index >= 15 is 0 Å². The Kier molecular flexibility index (Phi) is 4.58. The zero-order valence-electron chi connectivity index (χ0n) is 11.8. The molecule has 0 bridgehead atoms. The minimum atomic E-state index is 0.700. The molecule has 0 fully saturated rings. The molecule has 0 amide bonds. The van der Waals surface area contributed by atoms with Crippen molar-refractivity contribution in [1.82, 2.24) is 0 Å². The number of rotatable bonds is 5. The van der Waals surface area contributed by atoms with Crippen LogP contribution < -0.4 is 10.6 Å². The summed E-state index contributed by atoms with van der Waals surface area (Å²) in [5.41, 5.74) is 10.9. The standard InChI is InChI=1S/C17H22N2/c1-14-6-5-9-17(12-14)19(2)13-16-8-4-3-7-15(16)10-11-18/h3-9,12H,10-11,13,18H2,1-2H3. The van der Waals surface area contributed by atoms with Crippen LogP contribution in [-0.4, -0.2) is 13.6 Å². The number of anilines is 1. The zero-order chi connectivity index (χ0) is 13.7. The topological polar surface area (TPSA) is 29.3 Å². The lowest BCUT2D eigenvalue weighted by atomic mass is 10.0. The molecule has 0 aliphatic heterocycles.